The summed E-state index contributed by atoms with van der Waals surface area (Å²) in [7, 11) is 0. The molecule has 0 aliphatic heterocycles. The van der Waals surface area contributed by atoms with Crippen molar-refractivity contribution in [3.05, 3.63) is 168 Å². The molecular weight excluding hydrogens is 543 g/mol. The van der Waals surface area contributed by atoms with Crippen LogP contribution in [-0.4, -0.2) is 0 Å². The number of nitrogens with two attached hydrogens (primary N) is 1. The molecule has 0 aromatic heterocycles. The van der Waals surface area contributed by atoms with Crippen molar-refractivity contribution in [3.8, 4) is 11.1 Å². The Hall–Kier alpha value is -4.41. The average molecular weight is 588 g/mol. The first-order valence-electron chi connectivity index (χ1n) is 14.9. The molecule has 0 fully saturated rings. The number of allylic oxidation sites excluding steroid dienone is 4. The van der Waals surface area contributed by atoms with Crippen molar-refractivity contribution in [3.63, 3.8) is 0 Å². The van der Waals surface area contributed by atoms with E-state index in [0.717, 1.165) is 52.4 Å². The number of hydrogen-bond donors (Lipinski definition) is 3. The second-order valence-electron chi connectivity index (χ2n) is 9.97. The highest BCUT2D eigenvalue weighted by molar-refractivity contribution is 8.02. The molecular formula is C39H45N3S. The Morgan fingerprint density at radius 1 is 0.837 bits per heavy atom. The van der Waals surface area contributed by atoms with Crippen LogP contribution in [0, 0.1) is 0 Å². The maximum atomic E-state index is 6.35. The minimum Gasteiger partial charge on any atom is -0.399 e. The molecule has 0 amide bonds. The summed E-state index contributed by atoms with van der Waals surface area (Å²) in [6, 6.07) is 35.8. The van der Waals surface area contributed by atoms with Gasteiger partial charge in [0.2, 0.25) is 0 Å². The molecule has 0 aliphatic carbocycles. The molecule has 4 rings (SSSR count). The lowest BCUT2D eigenvalue weighted by Gasteiger charge is -2.15. The molecule has 0 heterocycles. The van der Waals surface area contributed by atoms with E-state index in [4.69, 9.17) is 5.73 Å². The number of aryl methyl sites for hydroxylation is 1. The van der Waals surface area contributed by atoms with Crippen molar-refractivity contribution in [1.82, 2.24) is 5.32 Å². The Labute approximate surface area is 263 Å². The molecule has 0 aliphatic rings. The molecule has 3 nitrogen and oxygen atoms in total. The van der Waals surface area contributed by atoms with E-state index >= 15 is 0 Å². The van der Waals surface area contributed by atoms with Crippen LogP contribution in [0.4, 0.5) is 11.4 Å². The van der Waals surface area contributed by atoms with Gasteiger partial charge in [0.25, 0.3) is 0 Å². The number of nitrogen functional groups attached to an aromatic ring is 1. The van der Waals surface area contributed by atoms with Gasteiger partial charge in [-0.05, 0) is 88.9 Å². The van der Waals surface area contributed by atoms with Crippen LogP contribution in [0.5, 0.6) is 0 Å². The highest BCUT2D eigenvalue weighted by Gasteiger charge is 2.07. The minimum absolute atomic E-state index is 0.199. The lowest BCUT2D eigenvalue weighted by Crippen LogP contribution is -2.15. The fraction of sp³-hybridized carbons (Fsp3) is 0.179. The number of rotatable bonds is 14. The summed E-state index contributed by atoms with van der Waals surface area (Å²) in [5, 5.41) is 6.78. The average Bonchev–Trinajstić information content (AvgIpc) is 3.05. The highest BCUT2D eigenvalue weighted by Crippen LogP contribution is 2.29. The van der Waals surface area contributed by atoms with Crippen LogP contribution in [0.3, 0.4) is 0 Å². The van der Waals surface area contributed by atoms with Gasteiger partial charge in [-0.25, -0.2) is 0 Å². The topological polar surface area (TPSA) is 50.1 Å². The molecule has 4 aromatic rings. The van der Waals surface area contributed by atoms with Crippen LogP contribution in [-0.2, 0) is 12.2 Å². The van der Waals surface area contributed by atoms with Crippen LogP contribution in [0.2, 0.25) is 0 Å². The van der Waals surface area contributed by atoms with Gasteiger partial charge in [0.15, 0.2) is 0 Å². The third-order valence-corrected chi connectivity index (χ3v) is 7.84. The van der Waals surface area contributed by atoms with Crippen molar-refractivity contribution in [2.24, 2.45) is 0 Å². The Morgan fingerprint density at radius 3 is 2.28 bits per heavy atom. The fourth-order valence-corrected chi connectivity index (χ4v) is 5.23. The first kappa shape index (κ1) is 33.1. The second kappa shape index (κ2) is 18.2. The van der Waals surface area contributed by atoms with Crippen molar-refractivity contribution < 1.29 is 0 Å². The van der Waals surface area contributed by atoms with Gasteiger partial charge in [-0.2, -0.15) is 0 Å². The first-order valence-corrected chi connectivity index (χ1v) is 15.9. The Balaban J connectivity index is 0.00000248. The lowest BCUT2D eigenvalue weighted by atomic mass is 9.99. The quantitative estimate of drug-likeness (QED) is 0.101. The molecule has 0 spiro atoms. The van der Waals surface area contributed by atoms with Crippen molar-refractivity contribution in [1.29, 1.82) is 0 Å². The summed E-state index contributed by atoms with van der Waals surface area (Å²) >= 11 is 1.81. The minimum atomic E-state index is 0.199. The van der Waals surface area contributed by atoms with Gasteiger partial charge >= 0.3 is 0 Å². The number of nitrogens with one attached hydrogen (secondary N) is 2. The summed E-state index contributed by atoms with van der Waals surface area (Å²) in [6.07, 6.45) is 9.62. The monoisotopic (exact) mass is 587 g/mol. The standard InChI is InChI=1S/C37H39N3S.C2H6/c1-28(40-30(3)32-16-8-5-9-17-32)13-10-11-24-39-36-19-12-18-33(26-36)34-22-23-37(38)35(25-34)21-20-29(2)41-27-31-14-6-4-7-15-31;1-2/h4-19,22-26,30,39-40H,1-2,20-21,27,38H2,3H3;1-2H3/b13-10-,24-11-;. The van der Waals surface area contributed by atoms with E-state index in [9.17, 15) is 0 Å². The van der Waals surface area contributed by atoms with Crippen LogP contribution in [0.1, 0.15) is 49.9 Å². The summed E-state index contributed by atoms with van der Waals surface area (Å²) in [5.74, 6) is 0.943. The van der Waals surface area contributed by atoms with Crippen LogP contribution in [0.15, 0.2) is 151 Å². The molecule has 0 radical (unpaired) electrons. The summed E-state index contributed by atoms with van der Waals surface area (Å²) in [4.78, 5) is 1.18. The van der Waals surface area contributed by atoms with Crippen molar-refractivity contribution >= 4 is 23.1 Å². The van der Waals surface area contributed by atoms with Gasteiger partial charge in [-0.15, -0.1) is 11.8 Å². The van der Waals surface area contributed by atoms with Gasteiger partial charge in [0.05, 0.1) is 0 Å². The van der Waals surface area contributed by atoms with Gasteiger partial charge in [-0.3, -0.25) is 0 Å². The van der Waals surface area contributed by atoms with E-state index in [2.05, 4.69) is 104 Å². The molecule has 222 valence electrons. The van der Waals surface area contributed by atoms with Crippen molar-refractivity contribution in [2.75, 3.05) is 11.1 Å². The third-order valence-electron chi connectivity index (χ3n) is 6.75. The van der Waals surface area contributed by atoms with E-state index in [1.165, 1.54) is 16.0 Å². The Morgan fingerprint density at radius 2 is 1.53 bits per heavy atom. The second-order valence-corrected chi connectivity index (χ2v) is 11.1. The molecule has 1 unspecified atom stereocenters. The summed E-state index contributed by atoms with van der Waals surface area (Å²) in [6.45, 7) is 14.5. The Kier molecular flexibility index (Phi) is 14.0. The lowest BCUT2D eigenvalue weighted by molar-refractivity contribution is 0.667. The third kappa shape index (κ3) is 11.4. The predicted octanol–water partition coefficient (Wildman–Crippen LogP) is 10.7. The van der Waals surface area contributed by atoms with Crippen LogP contribution < -0.4 is 16.4 Å². The van der Waals surface area contributed by atoms with Gasteiger partial charge in [0, 0.05) is 35.1 Å². The summed E-state index contributed by atoms with van der Waals surface area (Å²) in [5.41, 5.74) is 15.1. The highest BCUT2D eigenvalue weighted by atomic mass is 32.2. The molecule has 4 heteroatoms. The number of thioether (sulfide) groups is 1. The van der Waals surface area contributed by atoms with Gasteiger partial charge < -0.3 is 16.4 Å². The van der Waals surface area contributed by atoms with Crippen molar-refractivity contribution in [2.45, 2.75) is 45.4 Å². The smallest absolute Gasteiger partial charge is 0.0485 e. The Bertz CT molecular complexity index is 1490. The normalized spacial score (nSPS) is 11.5. The number of anilines is 2. The van der Waals surface area contributed by atoms with E-state index in [-0.39, 0.29) is 6.04 Å². The molecule has 4 aromatic carbocycles. The van der Waals surface area contributed by atoms with E-state index in [0.29, 0.717) is 0 Å². The van der Waals surface area contributed by atoms with E-state index < -0.39 is 0 Å². The van der Waals surface area contributed by atoms with Gasteiger partial charge in [0.1, 0.15) is 0 Å². The SMILES string of the molecule is C=C(/C=C\C=C/Nc1cccc(-c2ccc(N)c(CCC(=C)SCc3ccccc3)c2)c1)NC(C)c1ccccc1.CC. The maximum absolute atomic E-state index is 6.35. The zero-order valence-electron chi connectivity index (χ0n) is 25.7. The van der Waals surface area contributed by atoms with E-state index in [1.807, 2.05) is 80.4 Å². The summed E-state index contributed by atoms with van der Waals surface area (Å²) < 4.78 is 0. The molecule has 1 atom stereocenters. The number of benzene rings is 4. The first-order chi connectivity index (χ1) is 21.0. The molecule has 0 saturated carbocycles. The zero-order chi connectivity index (χ0) is 30.9. The zero-order valence-corrected chi connectivity index (χ0v) is 26.5. The predicted molar refractivity (Wildman–Crippen MR) is 192 cm³/mol. The molecule has 0 saturated heterocycles. The van der Waals surface area contributed by atoms with E-state index in [1.54, 1.807) is 0 Å². The van der Waals surface area contributed by atoms with Crippen LogP contribution in [0.25, 0.3) is 11.1 Å². The van der Waals surface area contributed by atoms with Gasteiger partial charge in [-0.1, -0.05) is 112 Å². The number of hydrogen-bond acceptors (Lipinski definition) is 4. The van der Waals surface area contributed by atoms with Crippen LogP contribution >= 0.6 is 11.8 Å². The maximum Gasteiger partial charge on any atom is 0.0485 e. The molecule has 4 N–H and O–H groups in total. The largest absolute Gasteiger partial charge is 0.399 e. The molecule has 0 bridgehead atoms. The molecule has 43 heavy (non-hydrogen) atoms. The fourth-order valence-electron chi connectivity index (χ4n) is 4.42.